The molecule has 2 heterocycles. The number of benzene rings is 2. The van der Waals surface area contributed by atoms with Crippen LogP contribution in [-0.2, 0) is 19.4 Å². The summed E-state index contributed by atoms with van der Waals surface area (Å²) in [5.41, 5.74) is 4.21. The van der Waals surface area contributed by atoms with Crippen molar-refractivity contribution in [1.82, 2.24) is 15.1 Å². The third-order valence-corrected chi connectivity index (χ3v) is 5.21. The summed E-state index contributed by atoms with van der Waals surface area (Å²) >= 11 is 0. The first-order chi connectivity index (χ1) is 15.5. The zero-order chi connectivity index (χ0) is 22.7. The van der Waals surface area contributed by atoms with Gasteiger partial charge in [0.1, 0.15) is 18.1 Å². The molecular weight excluding hydrogens is 413 g/mol. The molecule has 0 saturated heterocycles. The molecule has 0 spiro atoms. The van der Waals surface area contributed by atoms with Crippen molar-refractivity contribution in [2.24, 2.45) is 0 Å². The Morgan fingerprint density at radius 3 is 2.62 bits per heavy atom. The number of aromatic amines is 1. The van der Waals surface area contributed by atoms with Crippen LogP contribution in [0.3, 0.4) is 0 Å². The predicted octanol–water partition coefficient (Wildman–Crippen LogP) is 4.31. The summed E-state index contributed by atoms with van der Waals surface area (Å²) < 4.78 is 25.2. The number of hydrogen-bond donors (Lipinski definition) is 2. The van der Waals surface area contributed by atoms with Gasteiger partial charge < -0.3 is 9.84 Å². The number of nitrogens with zero attached hydrogens (tertiary/aromatic N) is 2. The van der Waals surface area contributed by atoms with E-state index < -0.39 is 11.6 Å². The van der Waals surface area contributed by atoms with Crippen LogP contribution in [0.2, 0.25) is 0 Å². The second kappa shape index (κ2) is 9.05. The van der Waals surface area contributed by atoms with Crippen LogP contribution in [0.25, 0.3) is 11.3 Å². The first-order valence-electron chi connectivity index (χ1n) is 10.2. The van der Waals surface area contributed by atoms with Crippen LogP contribution >= 0.6 is 0 Å². The summed E-state index contributed by atoms with van der Waals surface area (Å²) in [4.78, 5) is 18.0. The zero-order valence-corrected chi connectivity index (χ0v) is 17.7. The number of ether oxygens (including phenoxy) is 1. The Hall–Kier alpha value is -3.94. The third kappa shape index (κ3) is 4.39. The van der Waals surface area contributed by atoms with E-state index in [0.717, 1.165) is 16.7 Å². The smallest absolute Gasteiger partial charge is 0.439 e. The van der Waals surface area contributed by atoms with Gasteiger partial charge in [0.25, 0.3) is 0 Å². The van der Waals surface area contributed by atoms with Crippen molar-refractivity contribution >= 4 is 0 Å². The SMILES string of the molecule is CCc1c(F)c(OCc2noc(=O)[nH]2)cc(C)c1Cc1ccc(O)c(-c2ccccc2)n1. The minimum Gasteiger partial charge on any atom is -0.506 e. The molecule has 164 valence electrons. The van der Waals surface area contributed by atoms with Gasteiger partial charge in [-0.05, 0) is 48.2 Å². The molecule has 0 aliphatic heterocycles. The lowest BCUT2D eigenvalue weighted by Crippen LogP contribution is -2.07. The highest BCUT2D eigenvalue weighted by molar-refractivity contribution is 5.66. The minimum atomic E-state index is -0.693. The average Bonchev–Trinajstić information content (AvgIpc) is 3.22. The molecule has 0 fully saturated rings. The van der Waals surface area contributed by atoms with E-state index in [1.54, 1.807) is 18.2 Å². The topological polar surface area (TPSA) is 101 Å². The van der Waals surface area contributed by atoms with E-state index in [9.17, 15) is 9.90 Å². The van der Waals surface area contributed by atoms with Gasteiger partial charge in [-0.1, -0.05) is 42.4 Å². The highest BCUT2D eigenvalue weighted by atomic mass is 19.1. The Bertz CT molecular complexity index is 1300. The van der Waals surface area contributed by atoms with Gasteiger partial charge in [-0.3, -0.25) is 9.51 Å². The summed E-state index contributed by atoms with van der Waals surface area (Å²) in [5.74, 6) is -0.804. The van der Waals surface area contributed by atoms with E-state index in [-0.39, 0.29) is 23.9 Å². The van der Waals surface area contributed by atoms with Gasteiger partial charge in [-0.15, -0.1) is 0 Å². The molecule has 2 aromatic carbocycles. The molecule has 0 atom stereocenters. The average molecular weight is 435 g/mol. The highest BCUT2D eigenvalue weighted by Crippen LogP contribution is 2.32. The number of aryl methyl sites for hydroxylation is 1. The second-order valence-electron chi connectivity index (χ2n) is 7.36. The van der Waals surface area contributed by atoms with Crippen molar-refractivity contribution in [3.05, 3.63) is 93.1 Å². The van der Waals surface area contributed by atoms with E-state index >= 15 is 4.39 Å². The molecule has 2 aromatic heterocycles. The fourth-order valence-electron chi connectivity index (χ4n) is 3.63. The Labute approximate surface area is 183 Å². The molecule has 32 heavy (non-hydrogen) atoms. The van der Waals surface area contributed by atoms with E-state index in [4.69, 9.17) is 4.74 Å². The van der Waals surface area contributed by atoms with Crippen LogP contribution in [0.5, 0.6) is 11.5 Å². The van der Waals surface area contributed by atoms with Crippen LogP contribution in [0.1, 0.15) is 35.1 Å². The number of rotatable bonds is 7. The van der Waals surface area contributed by atoms with Crippen LogP contribution in [-0.4, -0.2) is 20.2 Å². The largest absolute Gasteiger partial charge is 0.506 e. The molecule has 2 N–H and O–H groups in total. The minimum absolute atomic E-state index is 0.0792. The van der Waals surface area contributed by atoms with Crippen molar-refractivity contribution in [3.63, 3.8) is 0 Å². The molecule has 0 bridgehead atoms. The molecule has 0 unspecified atom stereocenters. The van der Waals surface area contributed by atoms with Crippen LogP contribution < -0.4 is 10.5 Å². The first kappa shape index (κ1) is 21.3. The number of H-pyrrole nitrogens is 1. The van der Waals surface area contributed by atoms with Crippen LogP contribution in [0, 0.1) is 12.7 Å². The van der Waals surface area contributed by atoms with Crippen molar-refractivity contribution in [2.45, 2.75) is 33.3 Å². The van der Waals surface area contributed by atoms with Crippen molar-refractivity contribution < 1.29 is 18.8 Å². The molecule has 0 radical (unpaired) electrons. The van der Waals surface area contributed by atoms with Crippen molar-refractivity contribution in [1.29, 1.82) is 0 Å². The summed E-state index contributed by atoms with van der Waals surface area (Å²) in [6.45, 7) is 3.64. The lowest BCUT2D eigenvalue weighted by molar-refractivity contribution is 0.271. The fourth-order valence-corrected chi connectivity index (χ4v) is 3.63. The molecule has 7 nitrogen and oxygen atoms in total. The highest BCUT2D eigenvalue weighted by Gasteiger charge is 2.18. The molecule has 4 rings (SSSR count). The van der Waals surface area contributed by atoms with Crippen molar-refractivity contribution in [2.75, 3.05) is 0 Å². The number of nitrogens with one attached hydrogen (secondary N) is 1. The molecule has 8 heteroatoms. The fraction of sp³-hybridized carbons (Fsp3) is 0.208. The first-order valence-corrected chi connectivity index (χ1v) is 10.2. The van der Waals surface area contributed by atoms with Crippen LogP contribution in [0.4, 0.5) is 4.39 Å². The number of halogens is 1. The Morgan fingerprint density at radius 1 is 1.16 bits per heavy atom. The molecule has 0 amide bonds. The lowest BCUT2D eigenvalue weighted by atomic mass is 9.94. The zero-order valence-electron chi connectivity index (χ0n) is 17.7. The molecule has 0 aliphatic rings. The number of pyridine rings is 1. The van der Waals surface area contributed by atoms with Gasteiger partial charge in [0.15, 0.2) is 17.4 Å². The van der Waals surface area contributed by atoms with Gasteiger partial charge in [0, 0.05) is 17.7 Å². The van der Waals surface area contributed by atoms with Gasteiger partial charge in [0.05, 0.1) is 0 Å². The molecule has 0 aliphatic carbocycles. The monoisotopic (exact) mass is 435 g/mol. The molecule has 4 aromatic rings. The third-order valence-electron chi connectivity index (χ3n) is 5.21. The van der Waals surface area contributed by atoms with Gasteiger partial charge in [0.2, 0.25) is 0 Å². The lowest BCUT2D eigenvalue weighted by Gasteiger charge is -2.17. The molecule has 0 saturated carbocycles. The second-order valence-corrected chi connectivity index (χ2v) is 7.36. The summed E-state index contributed by atoms with van der Waals surface area (Å²) in [7, 11) is 0. The van der Waals surface area contributed by atoms with E-state index in [1.807, 2.05) is 44.2 Å². The van der Waals surface area contributed by atoms with Crippen LogP contribution in [0.15, 0.2) is 57.8 Å². The summed E-state index contributed by atoms with van der Waals surface area (Å²) in [5, 5.41) is 13.8. The Balaban J connectivity index is 1.64. The van der Waals surface area contributed by atoms with E-state index in [2.05, 4.69) is 19.6 Å². The Kier molecular flexibility index (Phi) is 6.02. The number of hydrogen-bond acceptors (Lipinski definition) is 6. The quantitative estimate of drug-likeness (QED) is 0.449. The Morgan fingerprint density at radius 2 is 1.94 bits per heavy atom. The number of aromatic nitrogens is 3. The van der Waals surface area contributed by atoms with E-state index in [0.29, 0.717) is 29.8 Å². The maximum Gasteiger partial charge on any atom is 0.439 e. The maximum absolute atomic E-state index is 15.2. The number of aromatic hydroxyl groups is 1. The molecular formula is C24H22FN3O4. The summed E-state index contributed by atoms with van der Waals surface area (Å²) in [6.07, 6.45) is 0.868. The summed E-state index contributed by atoms with van der Waals surface area (Å²) in [6, 6.07) is 14.4. The standard InChI is InChI=1S/C24H22FN3O4/c1-3-17-18(12-16-9-10-19(29)23(26-16)15-7-5-4-6-8-15)14(2)11-20(22(17)25)31-13-21-27-24(30)32-28-21/h4-11,29H,3,12-13H2,1-2H3,(H,27,28,30). The van der Waals surface area contributed by atoms with Gasteiger partial charge in [-0.2, -0.15) is 0 Å². The predicted molar refractivity (Wildman–Crippen MR) is 116 cm³/mol. The maximum atomic E-state index is 15.2. The van der Waals surface area contributed by atoms with Gasteiger partial charge in [-0.25, -0.2) is 14.2 Å². The van der Waals surface area contributed by atoms with Crippen molar-refractivity contribution in [3.8, 4) is 22.8 Å². The normalized spacial score (nSPS) is 11.0. The van der Waals surface area contributed by atoms with Gasteiger partial charge >= 0.3 is 5.76 Å². The van der Waals surface area contributed by atoms with E-state index in [1.165, 1.54) is 0 Å².